The summed E-state index contributed by atoms with van der Waals surface area (Å²) in [5.74, 6) is -0.443. The van der Waals surface area contributed by atoms with Gasteiger partial charge in [-0.1, -0.05) is 0 Å². The van der Waals surface area contributed by atoms with E-state index in [2.05, 4.69) is 20.1 Å². The van der Waals surface area contributed by atoms with E-state index in [0.29, 0.717) is 31.6 Å². The van der Waals surface area contributed by atoms with Gasteiger partial charge in [-0.15, -0.1) is 0 Å². The quantitative estimate of drug-likeness (QED) is 0.723. The molecule has 0 bridgehead atoms. The number of rotatable bonds is 2. The maximum Gasteiger partial charge on any atom is 0.308 e. The molecule has 0 atom stereocenters. The largest absolute Gasteiger partial charge is 0.469 e. The lowest BCUT2D eigenvalue weighted by Gasteiger charge is -2.29. The maximum atomic E-state index is 11.9. The fourth-order valence-electron chi connectivity index (χ4n) is 1.95. The van der Waals surface area contributed by atoms with Crippen molar-refractivity contribution in [1.82, 2.24) is 20.3 Å². The Balaban J connectivity index is 1.91. The van der Waals surface area contributed by atoms with E-state index in [-0.39, 0.29) is 17.8 Å². The van der Waals surface area contributed by atoms with Gasteiger partial charge in [0.15, 0.2) is 5.69 Å². The standard InChI is InChI=1S/C10H14N4O3/c1-17-10(16)7-2-4-14(5-3-7)9(15)8-6-11-13-12-8/h6-7H,2-5H2,1H3,(H,11,12,13). The molecule has 1 fully saturated rings. The number of aromatic amines is 1. The Kier molecular flexibility index (Phi) is 3.36. The Morgan fingerprint density at radius 1 is 1.47 bits per heavy atom. The van der Waals surface area contributed by atoms with Crippen molar-refractivity contribution >= 4 is 11.9 Å². The number of H-pyrrole nitrogens is 1. The molecule has 0 radical (unpaired) electrons. The fourth-order valence-corrected chi connectivity index (χ4v) is 1.95. The van der Waals surface area contributed by atoms with Crippen molar-refractivity contribution < 1.29 is 14.3 Å². The average Bonchev–Trinajstić information content (AvgIpc) is 2.91. The van der Waals surface area contributed by atoms with Crippen LogP contribution in [-0.4, -0.2) is 52.4 Å². The van der Waals surface area contributed by atoms with E-state index in [0.717, 1.165) is 0 Å². The number of esters is 1. The lowest BCUT2D eigenvalue weighted by molar-refractivity contribution is -0.146. The first kappa shape index (κ1) is 11.6. The minimum absolute atomic E-state index is 0.0960. The smallest absolute Gasteiger partial charge is 0.308 e. The molecule has 2 rings (SSSR count). The summed E-state index contributed by atoms with van der Waals surface area (Å²) in [5.41, 5.74) is 0.307. The average molecular weight is 238 g/mol. The highest BCUT2D eigenvalue weighted by molar-refractivity contribution is 5.92. The van der Waals surface area contributed by atoms with Crippen LogP contribution < -0.4 is 0 Å². The zero-order chi connectivity index (χ0) is 12.3. The highest BCUT2D eigenvalue weighted by atomic mass is 16.5. The van der Waals surface area contributed by atoms with Gasteiger partial charge in [0.1, 0.15) is 0 Å². The molecule has 1 aliphatic rings. The Labute approximate surface area is 98.1 Å². The van der Waals surface area contributed by atoms with Crippen LogP contribution in [0.4, 0.5) is 0 Å². The van der Waals surface area contributed by atoms with Crippen molar-refractivity contribution in [2.75, 3.05) is 20.2 Å². The van der Waals surface area contributed by atoms with Crippen LogP contribution in [0.15, 0.2) is 6.20 Å². The zero-order valence-corrected chi connectivity index (χ0v) is 9.55. The molecule has 0 spiro atoms. The number of carbonyl (C=O) groups excluding carboxylic acids is 2. The third-order valence-electron chi connectivity index (χ3n) is 2.95. The Morgan fingerprint density at radius 2 is 2.18 bits per heavy atom. The first-order valence-corrected chi connectivity index (χ1v) is 5.45. The molecule has 2 heterocycles. The van der Waals surface area contributed by atoms with E-state index in [9.17, 15) is 9.59 Å². The predicted molar refractivity (Wildman–Crippen MR) is 57.0 cm³/mol. The van der Waals surface area contributed by atoms with Crippen molar-refractivity contribution in [3.8, 4) is 0 Å². The van der Waals surface area contributed by atoms with Crippen LogP contribution in [0, 0.1) is 5.92 Å². The number of nitrogens with zero attached hydrogens (tertiary/aromatic N) is 3. The van der Waals surface area contributed by atoms with E-state index in [1.165, 1.54) is 13.3 Å². The summed E-state index contributed by atoms with van der Waals surface area (Å²) in [7, 11) is 1.38. The number of methoxy groups -OCH3 is 1. The second kappa shape index (κ2) is 4.94. The van der Waals surface area contributed by atoms with Gasteiger partial charge in [0, 0.05) is 13.1 Å². The third-order valence-corrected chi connectivity index (χ3v) is 2.95. The van der Waals surface area contributed by atoms with Crippen molar-refractivity contribution in [2.24, 2.45) is 5.92 Å². The predicted octanol–water partition coefficient (Wildman–Crippen LogP) is -0.170. The molecule has 1 saturated heterocycles. The molecule has 1 aromatic heterocycles. The van der Waals surface area contributed by atoms with Crippen LogP contribution >= 0.6 is 0 Å². The number of aromatic nitrogens is 3. The summed E-state index contributed by atoms with van der Waals surface area (Å²) in [6, 6.07) is 0. The molecule has 0 aromatic carbocycles. The van der Waals surface area contributed by atoms with Gasteiger partial charge >= 0.3 is 5.97 Å². The number of likely N-dealkylation sites (tertiary alicyclic amines) is 1. The molecule has 0 aliphatic carbocycles. The zero-order valence-electron chi connectivity index (χ0n) is 9.55. The van der Waals surface area contributed by atoms with Crippen LogP contribution in [0.1, 0.15) is 23.3 Å². The molecule has 7 heteroatoms. The summed E-state index contributed by atoms with van der Waals surface area (Å²) in [5, 5.41) is 9.74. The van der Waals surface area contributed by atoms with E-state index in [1.807, 2.05) is 0 Å². The van der Waals surface area contributed by atoms with Crippen molar-refractivity contribution in [3.05, 3.63) is 11.9 Å². The van der Waals surface area contributed by atoms with Crippen LogP contribution in [0.2, 0.25) is 0 Å². The van der Waals surface area contributed by atoms with Gasteiger partial charge in [-0.25, -0.2) is 0 Å². The van der Waals surface area contributed by atoms with Crippen molar-refractivity contribution in [2.45, 2.75) is 12.8 Å². The minimum Gasteiger partial charge on any atom is -0.469 e. The topological polar surface area (TPSA) is 88.2 Å². The van der Waals surface area contributed by atoms with Crippen LogP contribution in [-0.2, 0) is 9.53 Å². The van der Waals surface area contributed by atoms with E-state index in [4.69, 9.17) is 0 Å². The molecule has 92 valence electrons. The van der Waals surface area contributed by atoms with E-state index in [1.54, 1.807) is 4.90 Å². The summed E-state index contributed by atoms with van der Waals surface area (Å²) in [6.45, 7) is 1.09. The Morgan fingerprint density at radius 3 is 2.71 bits per heavy atom. The first-order valence-electron chi connectivity index (χ1n) is 5.45. The van der Waals surface area contributed by atoms with Crippen molar-refractivity contribution in [3.63, 3.8) is 0 Å². The number of hydrogen-bond donors (Lipinski definition) is 1. The van der Waals surface area contributed by atoms with Gasteiger partial charge in [-0.3, -0.25) is 9.59 Å². The summed E-state index contributed by atoms with van der Waals surface area (Å²) in [4.78, 5) is 24.9. The van der Waals surface area contributed by atoms with Crippen LogP contribution in [0.3, 0.4) is 0 Å². The number of amides is 1. The first-order chi connectivity index (χ1) is 8.22. The van der Waals surface area contributed by atoms with Crippen molar-refractivity contribution in [1.29, 1.82) is 0 Å². The van der Waals surface area contributed by atoms with Gasteiger partial charge in [0.05, 0.1) is 19.2 Å². The molecule has 0 unspecified atom stereocenters. The van der Waals surface area contributed by atoms with E-state index >= 15 is 0 Å². The Hall–Kier alpha value is -1.92. The van der Waals surface area contributed by atoms with Crippen LogP contribution in [0.25, 0.3) is 0 Å². The van der Waals surface area contributed by atoms with E-state index < -0.39 is 0 Å². The molecule has 7 nitrogen and oxygen atoms in total. The lowest BCUT2D eigenvalue weighted by Crippen LogP contribution is -2.40. The summed E-state index contributed by atoms with van der Waals surface area (Å²) >= 11 is 0. The number of hydrogen-bond acceptors (Lipinski definition) is 5. The number of ether oxygens (including phenoxy) is 1. The minimum atomic E-state index is -0.196. The summed E-state index contributed by atoms with van der Waals surface area (Å²) < 4.78 is 4.69. The van der Waals surface area contributed by atoms with Gasteiger partial charge in [-0.2, -0.15) is 15.4 Å². The molecule has 1 aliphatic heterocycles. The number of carbonyl (C=O) groups is 2. The van der Waals surface area contributed by atoms with Gasteiger partial charge in [0.2, 0.25) is 0 Å². The number of piperidine rings is 1. The molecular weight excluding hydrogens is 224 g/mol. The molecular formula is C10H14N4O3. The third kappa shape index (κ3) is 2.43. The second-order valence-electron chi connectivity index (χ2n) is 3.94. The normalized spacial score (nSPS) is 16.9. The highest BCUT2D eigenvalue weighted by Crippen LogP contribution is 2.19. The Bertz CT molecular complexity index is 396. The SMILES string of the molecule is COC(=O)C1CCN(C(=O)c2cn[nH]n2)CC1. The molecule has 1 aromatic rings. The van der Waals surface area contributed by atoms with Gasteiger partial charge in [0.25, 0.3) is 5.91 Å². The fraction of sp³-hybridized carbons (Fsp3) is 0.600. The molecule has 0 saturated carbocycles. The van der Waals surface area contributed by atoms with Gasteiger partial charge in [-0.05, 0) is 12.8 Å². The summed E-state index contributed by atoms with van der Waals surface area (Å²) in [6.07, 6.45) is 2.67. The lowest BCUT2D eigenvalue weighted by atomic mass is 9.97. The maximum absolute atomic E-state index is 11.9. The second-order valence-corrected chi connectivity index (χ2v) is 3.94. The van der Waals surface area contributed by atoms with Crippen LogP contribution in [0.5, 0.6) is 0 Å². The highest BCUT2D eigenvalue weighted by Gasteiger charge is 2.28. The molecule has 1 amide bonds. The number of nitrogens with one attached hydrogen (secondary N) is 1. The van der Waals surface area contributed by atoms with Gasteiger partial charge < -0.3 is 9.64 Å². The monoisotopic (exact) mass is 238 g/mol. The molecule has 17 heavy (non-hydrogen) atoms. The molecule has 1 N–H and O–H groups in total.